The van der Waals surface area contributed by atoms with Crippen molar-refractivity contribution in [2.24, 2.45) is 17.8 Å². The van der Waals surface area contributed by atoms with E-state index in [-0.39, 0.29) is 5.92 Å². The summed E-state index contributed by atoms with van der Waals surface area (Å²) in [5.41, 5.74) is 0. The van der Waals surface area contributed by atoms with E-state index in [1.807, 2.05) is 0 Å². The number of hydrogen-bond donors (Lipinski definition) is 0. The molecule has 0 heterocycles. The second-order valence-electron chi connectivity index (χ2n) is 3.67. The summed E-state index contributed by atoms with van der Waals surface area (Å²) in [6.45, 7) is 4.46. The molecule has 0 aromatic heterocycles. The molecule has 0 aromatic carbocycles. The maximum atomic E-state index is 10.4. The number of carbonyl (C=O) groups is 1. The molecule has 0 amide bonds. The van der Waals surface area contributed by atoms with Crippen molar-refractivity contribution in [2.75, 3.05) is 0 Å². The fraction of sp³-hybridized carbons (Fsp3) is 0.700. The van der Waals surface area contributed by atoms with Crippen molar-refractivity contribution < 1.29 is 4.79 Å². The lowest BCUT2D eigenvalue weighted by atomic mass is 9.83. The molecule has 0 aromatic rings. The lowest BCUT2D eigenvalue weighted by Crippen LogP contribution is -2.13. The van der Waals surface area contributed by atoms with Gasteiger partial charge in [-0.1, -0.05) is 26.0 Å². The third-order valence-corrected chi connectivity index (χ3v) is 2.47. The molecular formula is C10H16O. The van der Waals surface area contributed by atoms with Crippen LogP contribution < -0.4 is 0 Å². The zero-order chi connectivity index (χ0) is 8.27. The second kappa shape index (κ2) is 3.70. The van der Waals surface area contributed by atoms with E-state index in [0.29, 0.717) is 5.92 Å². The van der Waals surface area contributed by atoms with Crippen molar-refractivity contribution in [3.05, 3.63) is 12.2 Å². The third-order valence-electron chi connectivity index (χ3n) is 2.47. The van der Waals surface area contributed by atoms with Gasteiger partial charge >= 0.3 is 0 Å². The zero-order valence-electron chi connectivity index (χ0n) is 7.29. The standard InChI is InChI=1S/C10H16O/c1-8(2)10-5-3-9(7-11)4-6-10/h3,5,7-10H,4,6H2,1-2H3. The average molecular weight is 152 g/mol. The van der Waals surface area contributed by atoms with Gasteiger partial charge in [0.15, 0.2) is 0 Å². The molecule has 1 nitrogen and oxygen atoms in total. The fourth-order valence-corrected chi connectivity index (χ4v) is 1.53. The summed E-state index contributed by atoms with van der Waals surface area (Å²) in [5.74, 6) is 1.62. The summed E-state index contributed by atoms with van der Waals surface area (Å²) in [6.07, 6.45) is 7.53. The zero-order valence-corrected chi connectivity index (χ0v) is 7.29. The van der Waals surface area contributed by atoms with Crippen LogP contribution in [0.25, 0.3) is 0 Å². The fourth-order valence-electron chi connectivity index (χ4n) is 1.53. The Morgan fingerprint density at radius 3 is 2.45 bits per heavy atom. The molecule has 2 atom stereocenters. The van der Waals surface area contributed by atoms with Gasteiger partial charge in [0.25, 0.3) is 0 Å². The molecule has 0 N–H and O–H groups in total. The van der Waals surface area contributed by atoms with Crippen LogP contribution in [0.5, 0.6) is 0 Å². The summed E-state index contributed by atoms with van der Waals surface area (Å²) in [7, 11) is 0. The number of allylic oxidation sites excluding steroid dienone is 2. The maximum absolute atomic E-state index is 10.4. The van der Waals surface area contributed by atoms with Crippen LogP contribution in [0.4, 0.5) is 0 Å². The number of aldehydes is 1. The Morgan fingerprint density at radius 1 is 1.36 bits per heavy atom. The minimum absolute atomic E-state index is 0.199. The van der Waals surface area contributed by atoms with Crippen molar-refractivity contribution in [1.82, 2.24) is 0 Å². The van der Waals surface area contributed by atoms with Gasteiger partial charge in [-0.2, -0.15) is 0 Å². The number of carbonyl (C=O) groups excluding carboxylic acids is 1. The molecular weight excluding hydrogens is 136 g/mol. The van der Waals surface area contributed by atoms with Crippen molar-refractivity contribution in [3.8, 4) is 0 Å². The average Bonchev–Trinajstić information content (AvgIpc) is 2.05. The minimum atomic E-state index is 0.199. The molecule has 0 aliphatic heterocycles. The van der Waals surface area contributed by atoms with E-state index in [0.717, 1.165) is 18.6 Å². The van der Waals surface area contributed by atoms with E-state index in [1.54, 1.807) is 0 Å². The Morgan fingerprint density at radius 2 is 2.09 bits per heavy atom. The first-order valence-electron chi connectivity index (χ1n) is 4.37. The highest BCUT2D eigenvalue weighted by Gasteiger charge is 2.16. The first-order chi connectivity index (χ1) is 5.24. The maximum Gasteiger partial charge on any atom is 0.126 e. The predicted octanol–water partition coefficient (Wildman–Crippen LogP) is 2.42. The van der Waals surface area contributed by atoms with Gasteiger partial charge in [-0.3, -0.25) is 0 Å². The van der Waals surface area contributed by atoms with E-state index in [4.69, 9.17) is 0 Å². The largest absolute Gasteiger partial charge is 0.303 e. The topological polar surface area (TPSA) is 17.1 Å². The van der Waals surface area contributed by atoms with Crippen LogP contribution in [0.15, 0.2) is 12.2 Å². The predicted molar refractivity (Wildman–Crippen MR) is 46.3 cm³/mol. The SMILES string of the molecule is CC(C)C1C=CC(C=O)CC1. The van der Waals surface area contributed by atoms with Gasteiger partial charge in [-0.05, 0) is 24.7 Å². The number of rotatable bonds is 2. The van der Waals surface area contributed by atoms with Gasteiger partial charge in [0.2, 0.25) is 0 Å². The lowest BCUT2D eigenvalue weighted by Gasteiger charge is -2.22. The van der Waals surface area contributed by atoms with Gasteiger partial charge in [0.05, 0.1) is 0 Å². The summed E-state index contributed by atoms with van der Waals surface area (Å²) in [5, 5.41) is 0. The molecule has 0 radical (unpaired) electrons. The van der Waals surface area contributed by atoms with E-state index in [1.165, 1.54) is 6.42 Å². The monoisotopic (exact) mass is 152 g/mol. The molecule has 0 fully saturated rings. The van der Waals surface area contributed by atoms with E-state index < -0.39 is 0 Å². The molecule has 0 bridgehead atoms. The van der Waals surface area contributed by atoms with Crippen LogP contribution in [-0.2, 0) is 4.79 Å². The second-order valence-corrected chi connectivity index (χ2v) is 3.67. The Labute approximate surface area is 68.5 Å². The van der Waals surface area contributed by atoms with Crippen molar-refractivity contribution in [1.29, 1.82) is 0 Å². The first-order valence-corrected chi connectivity index (χ1v) is 4.37. The van der Waals surface area contributed by atoms with Crippen LogP contribution in [-0.4, -0.2) is 6.29 Å². The Kier molecular flexibility index (Phi) is 2.86. The molecule has 62 valence electrons. The Hall–Kier alpha value is -0.590. The van der Waals surface area contributed by atoms with E-state index in [2.05, 4.69) is 26.0 Å². The van der Waals surface area contributed by atoms with Crippen LogP contribution >= 0.6 is 0 Å². The van der Waals surface area contributed by atoms with Crippen LogP contribution in [0.2, 0.25) is 0 Å². The van der Waals surface area contributed by atoms with Crippen LogP contribution in [0.1, 0.15) is 26.7 Å². The summed E-state index contributed by atoms with van der Waals surface area (Å²) >= 11 is 0. The van der Waals surface area contributed by atoms with Gasteiger partial charge in [0.1, 0.15) is 6.29 Å². The molecule has 1 aliphatic carbocycles. The molecule has 1 aliphatic rings. The van der Waals surface area contributed by atoms with E-state index >= 15 is 0 Å². The van der Waals surface area contributed by atoms with Gasteiger partial charge in [0, 0.05) is 5.92 Å². The minimum Gasteiger partial charge on any atom is -0.303 e. The van der Waals surface area contributed by atoms with E-state index in [9.17, 15) is 4.79 Å². The van der Waals surface area contributed by atoms with Crippen molar-refractivity contribution in [2.45, 2.75) is 26.7 Å². The molecule has 0 spiro atoms. The normalized spacial score (nSPS) is 30.8. The lowest BCUT2D eigenvalue weighted by molar-refractivity contribution is -0.110. The van der Waals surface area contributed by atoms with Gasteiger partial charge < -0.3 is 4.79 Å². The third kappa shape index (κ3) is 2.18. The Balaban J connectivity index is 2.48. The molecule has 1 rings (SSSR count). The quantitative estimate of drug-likeness (QED) is 0.438. The highest BCUT2D eigenvalue weighted by molar-refractivity contribution is 5.56. The number of hydrogen-bond acceptors (Lipinski definition) is 1. The highest BCUT2D eigenvalue weighted by atomic mass is 16.1. The van der Waals surface area contributed by atoms with Crippen LogP contribution in [0.3, 0.4) is 0 Å². The molecule has 2 unspecified atom stereocenters. The van der Waals surface area contributed by atoms with Crippen molar-refractivity contribution >= 4 is 6.29 Å². The highest BCUT2D eigenvalue weighted by Crippen LogP contribution is 2.26. The summed E-state index contributed by atoms with van der Waals surface area (Å²) in [4.78, 5) is 10.4. The molecule has 1 heteroatoms. The smallest absolute Gasteiger partial charge is 0.126 e. The molecule has 0 saturated carbocycles. The molecule has 0 saturated heterocycles. The summed E-state index contributed by atoms with van der Waals surface area (Å²) in [6, 6.07) is 0. The molecule has 11 heavy (non-hydrogen) atoms. The van der Waals surface area contributed by atoms with Gasteiger partial charge in [-0.25, -0.2) is 0 Å². The van der Waals surface area contributed by atoms with Crippen LogP contribution in [0, 0.1) is 17.8 Å². The summed E-state index contributed by atoms with van der Waals surface area (Å²) < 4.78 is 0. The van der Waals surface area contributed by atoms with Crippen molar-refractivity contribution in [3.63, 3.8) is 0 Å². The Bertz CT molecular complexity index is 158. The van der Waals surface area contributed by atoms with Gasteiger partial charge in [-0.15, -0.1) is 0 Å². The first kappa shape index (κ1) is 8.51.